The molecule has 2 aromatic rings. The van der Waals surface area contributed by atoms with E-state index in [0.29, 0.717) is 24.1 Å². The normalized spacial score (nSPS) is 16.4. The second kappa shape index (κ2) is 7.13. The van der Waals surface area contributed by atoms with E-state index in [1.807, 2.05) is 0 Å². The summed E-state index contributed by atoms with van der Waals surface area (Å²) in [6, 6.07) is 0. The van der Waals surface area contributed by atoms with Crippen LogP contribution in [-0.2, 0) is 17.8 Å². The molecule has 2 N–H and O–H groups in total. The van der Waals surface area contributed by atoms with E-state index in [-0.39, 0.29) is 18.9 Å². The molecule has 0 saturated heterocycles. The Morgan fingerprint density at radius 1 is 1.33 bits per heavy atom. The van der Waals surface area contributed by atoms with Crippen LogP contribution in [0.5, 0.6) is 0 Å². The molecule has 0 atom stereocenters. The van der Waals surface area contributed by atoms with Crippen LogP contribution >= 0.6 is 23.1 Å². The number of aromatic nitrogens is 2. The van der Waals surface area contributed by atoms with Gasteiger partial charge in [0.15, 0.2) is 5.16 Å². The van der Waals surface area contributed by atoms with Gasteiger partial charge in [-0.3, -0.25) is 0 Å². The van der Waals surface area contributed by atoms with E-state index in [1.165, 1.54) is 10.4 Å². The second-order valence-corrected chi connectivity index (χ2v) is 8.62. The minimum Gasteiger partial charge on any atom is -0.395 e. The summed E-state index contributed by atoms with van der Waals surface area (Å²) in [4.78, 5) is 13.2. The van der Waals surface area contributed by atoms with Gasteiger partial charge in [0.25, 0.3) is 0 Å². The largest absolute Gasteiger partial charge is 0.395 e. The first kappa shape index (κ1) is 17.9. The lowest BCUT2D eigenvalue weighted by atomic mass is 9.94. The third kappa shape index (κ3) is 3.39. The van der Waals surface area contributed by atoms with Gasteiger partial charge in [-0.1, -0.05) is 18.7 Å². The first-order valence-electron chi connectivity index (χ1n) is 8.04. The highest BCUT2D eigenvalue weighted by Gasteiger charge is 2.31. The molecule has 1 aliphatic heterocycles. The molecule has 0 aliphatic carbocycles. The summed E-state index contributed by atoms with van der Waals surface area (Å²) in [5.74, 6) is 1.59. The third-order valence-corrected chi connectivity index (χ3v) is 5.83. The number of aliphatic hydroxyl groups excluding tert-OH is 2. The minimum absolute atomic E-state index is 0.0385. The monoisotopic (exact) mass is 369 g/mol. The number of nitrogens with zero attached hydrogens (tertiary/aromatic N) is 3. The lowest BCUT2D eigenvalue weighted by molar-refractivity contribution is -0.0379. The van der Waals surface area contributed by atoms with E-state index >= 15 is 0 Å². The summed E-state index contributed by atoms with van der Waals surface area (Å²) in [7, 11) is 0. The maximum absolute atomic E-state index is 9.76. The predicted octanol–water partition coefficient (Wildman–Crippen LogP) is 2.40. The van der Waals surface area contributed by atoms with Crippen LogP contribution in [0.15, 0.2) is 5.16 Å². The molecule has 6 nitrogen and oxygen atoms in total. The first-order valence-corrected chi connectivity index (χ1v) is 9.85. The lowest BCUT2D eigenvalue weighted by Crippen LogP contribution is -2.32. The van der Waals surface area contributed by atoms with Crippen molar-refractivity contribution in [2.45, 2.75) is 44.6 Å². The van der Waals surface area contributed by atoms with Gasteiger partial charge in [-0.2, -0.15) is 0 Å². The van der Waals surface area contributed by atoms with Crippen molar-refractivity contribution in [3.63, 3.8) is 0 Å². The molecule has 2 aromatic heterocycles. The van der Waals surface area contributed by atoms with Crippen LogP contribution in [0.4, 0.5) is 5.82 Å². The highest BCUT2D eigenvalue weighted by atomic mass is 32.2. The summed E-state index contributed by atoms with van der Waals surface area (Å²) < 4.78 is 5.93. The van der Waals surface area contributed by atoms with Crippen molar-refractivity contribution in [3.8, 4) is 0 Å². The van der Waals surface area contributed by atoms with Gasteiger partial charge >= 0.3 is 0 Å². The van der Waals surface area contributed by atoms with E-state index < -0.39 is 0 Å². The maximum Gasteiger partial charge on any atom is 0.190 e. The summed E-state index contributed by atoms with van der Waals surface area (Å²) in [6.07, 6.45) is 0.789. The fraction of sp³-hybridized carbons (Fsp3) is 0.625. The van der Waals surface area contributed by atoms with E-state index in [0.717, 1.165) is 22.4 Å². The molecular formula is C16H23N3O3S2. The van der Waals surface area contributed by atoms with Crippen molar-refractivity contribution in [1.29, 1.82) is 0 Å². The Labute approximate surface area is 149 Å². The highest BCUT2D eigenvalue weighted by Crippen LogP contribution is 2.42. The number of hydrogen-bond acceptors (Lipinski definition) is 8. The first-order chi connectivity index (χ1) is 11.5. The van der Waals surface area contributed by atoms with Gasteiger partial charge in [0.1, 0.15) is 17.4 Å². The van der Waals surface area contributed by atoms with Crippen LogP contribution < -0.4 is 4.90 Å². The molecule has 3 rings (SSSR count). The Bertz CT molecular complexity index is 733. The molecule has 0 saturated carbocycles. The van der Waals surface area contributed by atoms with Crippen LogP contribution in [0.3, 0.4) is 0 Å². The molecule has 0 unspecified atom stereocenters. The van der Waals surface area contributed by atoms with Gasteiger partial charge in [0.05, 0.1) is 24.2 Å². The van der Waals surface area contributed by atoms with Gasteiger partial charge in [-0.25, -0.2) is 9.97 Å². The molecular weight excluding hydrogens is 346 g/mol. The number of fused-ring (bicyclic) bond motifs is 3. The van der Waals surface area contributed by atoms with Crippen LogP contribution in [-0.4, -0.2) is 51.4 Å². The molecule has 0 fully saturated rings. The van der Waals surface area contributed by atoms with Gasteiger partial charge in [0.2, 0.25) is 0 Å². The van der Waals surface area contributed by atoms with Crippen molar-refractivity contribution < 1.29 is 14.9 Å². The Kier molecular flexibility index (Phi) is 5.31. The van der Waals surface area contributed by atoms with E-state index in [4.69, 9.17) is 9.72 Å². The molecule has 24 heavy (non-hydrogen) atoms. The molecule has 3 heterocycles. The molecule has 0 aromatic carbocycles. The lowest BCUT2D eigenvalue weighted by Gasteiger charge is -2.30. The zero-order chi connectivity index (χ0) is 17.3. The Morgan fingerprint density at radius 3 is 2.79 bits per heavy atom. The van der Waals surface area contributed by atoms with Crippen LogP contribution in [0, 0.1) is 0 Å². The number of thiophene rings is 1. The van der Waals surface area contributed by atoms with Gasteiger partial charge in [-0.05, 0) is 25.2 Å². The Balaban J connectivity index is 2.20. The number of anilines is 1. The van der Waals surface area contributed by atoms with Gasteiger partial charge < -0.3 is 19.8 Å². The van der Waals surface area contributed by atoms with Crippen LogP contribution in [0.1, 0.15) is 31.2 Å². The molecule has 0 bridgehead atoms. The van der Waals surface area contributed by atoms with Crippen LogP contribution in [0.2, 0.25) is 0 Å². The Morgan fingerprint density at radius 2 is 2.12 bits per heavy atom. The minimum atomic E-state index is -0.226. The quantitative estimate of drug-likeness (QED) is 0.460. The van der Waals surface area contributed by atoms with Crippen molar-refractivity contribution in [1.82, 2.24) is 9.97 Å². The van der Waals surface area contributed by atoms with E-state index in [2.05, 4.69) is 25.8 Å². The Hall–Kier alpha value is -0.930. The average molecular weight is 370 g/mol. The van der Waals surface area contributed by atoms with Crippen molar-refractivity contribution >= 4 is 39.1 Å². The molecule has 0 spiro atoms. The SMILES string of the molecule is CCSc1nc(N(CO)CCO)c2c3c(sc2n1)COC(C)(C)C3. The third-order valence-electron chi connectivity index (χ3n) is 4.00. The predicted molar refractivity (Wildman–Crippen MR) is 97.9 cm³/mol. The molecule has 8 heteroatoms. The number of thioether (sulfide) groups is 1. The van der Waals surface area contributed by atoms with Crippen molar-refractivity contribution in [2.75, 3.05) is 30.5 Å². The highest BCUT2D eigenvalue weighted by molar-refractivity contribution is 7.99. The fourth-order valence-electron chi connectivity index (χ4n) is 2.89. The maximum atomic E-state index is 9.76. The summed E-state index contributed by atoms with van der Waals surface area (Å²) in [5, 5.41) is 20.8. The topological polar surface area (TPSA) is 78.7 Å². The summed E-state index contributed by atoms with van der Waals surface area (Å²) >= 11 is 3.22. The summed E-state index contributed by atoms with van der Waals surface area (Å²) in [5.41, 5.74) is 0.988. The molecule has 0 radical (unpaired) electrons. The fourth-order valence-corrected chi connectivity index (χ4v) is 4.61. The van der Waals surface area contributed by atoms with Crippen LogP contribution in [0.25, 0.3) is 10.2 Å². The second-order valence-electron chi connectivity index (χ2n) is 6.30. The van der Waals surface area contributed by atoms with E-state index in [9.17, 15) is 10.2 Å². The number of ether oxygens (including phenoxy) is 1. The average Bonchev–Trinajstić information content (AvgIpc) is 2.88. The zero-order valence-corrected chi connectivity index (χ0v) is 15.8. The zero-order valence-electron chi connectivity index (χ0n) is 14.2. The number of rotatable bonds is 6. The van der Waals surface area contributed by atoms with E-state index in [1.54, 1.807) is 28.0 Å². The summed E-state index contributed by atoms with van der Waals surface area (Å²) in [6.45, 7) is 6.92. The molecule has 0 amide bonds. The number of aliphatic hydroxyl groups is 2. The van der Waals surface area contributed by atoms with Crippen molar-refractivity contribution in [3.05, 3.63) is 10.4 Å². The standard InChI is InChI=1S/C16H23N3O3S2/c1-4-23-15-17-13(19(9-21)5-6-20)12-10-7-16(2,3)22-8-11(10)24-14(12)18-15/h20-21H,4-9H2,1-3H3. The number of hydrogen-bond donors (Lipinski definition) is 2. The van der Waals surface area contributed by atoms with Gasteiger partial charge in [0, 0.05) is 17.8 Å². The molecule has 132 valence electrons. The van der Waals surface area contributed by atoms with Gasteiger partial charge in [-0.15, -0.1) is 11.3 Å². The smallest absolute Gasteiger partial charge is 0.190 e. The molecule has 1 aliphatic rings. The van der Waals surface area contributed by atoms with Crippen molar-refractivity contribution in [2.24, 2.45) is 0 Å².